The lowest BCUT2D eigenvalue weighted by atomic mass is 10.2. The summed E-state index contributed by atoms with van der Waals surface area (Å²) in [6, 6.07) is 9.03. The summed E-state index contributed by atoms with van der Waals surface area (Å²) in [5.74, 6) is -3.21. The molecule has 0 bridgehead atoms. The van der Waals surface area contributed by atoms with Gasteiger partial charge >= 0.3 is 6.03 Å². The van der Waals surface area contributed by atoms with E-state index >= 15 is 0 Å². The number of halogens is 2. The number of amides is 3. The van der Waals surface area contributed by atoms with E-state index in [2.05, 4.69) is 5.32 Å². The highest BCUT2D eigenvalue weighted by atomic mass is 32.2. The second-order valence-corrected chi connectivity index (χ2v) is 5.11. The molecule has 0 aliphatic carbocycles. The zero-order valence-corrected chi connectivity index (χ0v) is 12.3. The Kier molecular flexibility index (Phi) is 5.11. The Bertz CT molecular complexity index is 685. The van der Waals surface area contributed by atoms with Crippen LogP contribution in [0.4, 0.5) is 19.3 Å². The molecule has 2 aromatic carbocycles. The number of nitrogens with one attached hydrogen (secondary N) is 2. The first-order chi connectivity index (χ1) is 10.5. The van der Waals surface area contributed by atoms with E-state index in [1.54, 1.807) is 36.0 Å². The molecule has 2 N–H and O–H groups in total. The van der Waals surface area contributed by atoms with Crippen LogP contribution < -0.4 is 10.6 Å². The Hall–Kier alpha value is -2.41. The third-order valence-corrected chi connectivity index (χ3v) is 3.51. The molecule has 0 fully saturated rings. The van der Waals surface area contributed by atoms with Crippen molar-refractivity contribution in [3.63, 3.8) is 0 Å². The number of benzene rings is 2. The van der Waals surface area contributed by atoms with Gasteiger partial charge in [0.2, 0.25) is 0 Å². The summed E-state index contributed by atoms with van der Waals surface area (Å²) in [5.41, 5.74) is -0.340. The second kappa shape index (κ2) is 7.04. The molecule has 0 spiro atoms. The first-order valence-corrected chi connectivity index (χ1v) is 7.44. The number of carbonyl (C=O) groups excluding carboxylic acids is 2. The van der Waals surface area contributed by atoms with Gasteiger partial charge < -0.3 is 5.32 Å². The fraction of sp³-hybridized carbons (Fsp3) is 0.0667. The molecule has 7 heteroatoms. The largest absolute Gasteiger partial charge is 0.326 e. The van der Waals surface area contributed by atoms with E-state index < -0.39 is 29.1 Å². The van der Waals surface area contributed by atoms with Crippen molar-refractivity contribution in [2.75, 3.05) is 11.6 Å². The van der Waals surface area contributed by atoms with Gasteiger partial charge in [-0.15, -0.1) is 11.8 Å². The van der Waals surface area contributed by atoms with Gasteiger partial charge in [0.1, 0.15) is 17.2 Å². The van der Waals surface area contributed by atoms with Gasteiger partial charge in [-0.25, -0.2) is 13.6 Å². The van der Waals surface area contributed by atoms with Gasteiger partial charge in [0.15, 0.2) is 0 Å². The molecule has 0 heterocycles. The quantitative estimate of drug-likeness (QED) is 0.848. The second-order valence-electron chi connectivity index (χ2n) is 4.23. The maximum Gasteiger partial charge on any atom is 0.326 e. The van der Waals surface area contributed by atoms with E-state index in [0.29, 0.717) is 5.69 Å². The minimum atomic E-state index is -1.14. The highest BCUT2D eigenvalue weighted by molar-refractivity contribution is 7.98. The van der Waals surface area contributed by atoms with E-state index in [-0.39, 0.29) is 0 Å². The molecule has 2 aromatic rings. The summed E-state index contributed by atoms with van der Waals surface area (Å²) in [7, 11) is 0. The summed E-state index contributed by atoms with van der Waals surface area (Å²) in [6.07, 6.45) is 1.91. The van der Waals surface area contributed by atoms with Gasteiger partial charge in [-0.05, 0) is 42.7 Å². The molecule has 0 atom stereocenters. The minimum absolute atomic E-state index is 0.456. The molecule has 0 saturated carbocycles. The van der Waals surface area contributed by atoms with Crippen LogP contribution in [0.1, 0.15) is 10.4 Å². The van der Waals surface area contributed by atoms with Gasteiger partial charge in [0.05, 0.1) is 0 Å². The Morgan fingerprint density at radius 2 is 1.59 bits per heavy atom. The molecule has 22 heavy (non-hydrogen) atoms. The lowest BCUT2D eigenvalue weighted by Gasteiger charge is -2.08. The number of urea groups is 1. The Morgan fingerprint density at radius 1 is 1.00 bits per heavy atom. The van der Waals surface area contributed by atoms with E-state index in [9.17, 15) is 18.4 Å². The maximum atomic E-state index is 13.4. The van der Waals surface area contributed by atoms with Gasteiger partial charge in [0, 0.05) is 10.6 Å². The molecule has 2 rings (SSSR count). The molecule has 0 radical (unpaired) electrons. The predicted molar refractivity (Wildman–Crippen MR) is 81.1 cm³/mol. The lowest BCUT2D eigenvalue weighted by molar-refractivity contribution is 0.0959. The number of imide groups is 1. The molecule has 0 saturated heterocycles. The van der Waals surface area contributed by atoms with Crippen LogP contribution in [0.15, 0.2) is 47.4 Å². The van der Waals surface area contributed by atoms with Crippen LogP contribution in [0.25, 0.3) is 0 Å². The van der Waals surface area contributed by atoms with Gasteiger partial charge in [-0.3, -0.25) is 10.1 Å². The fourth-order valence-corrected chi connectivity index (χ4v) is 2.13. The molecule has 0 aliphatic rings. The summed E-state index contributed by atoms with van der Waals surface area (Å²) in [4.78, 5) is 24.4. The van der Waals surface area contributed by atoms with Crippen molar-refractivity contribution in [1.82, 2.24) is 5.32 Å². The van der Waals surface area contributed by atoms with Crippen LogP contribution in [-0.4, -0.2) is 18.2 Å². The third kappa shape index (κ3) is 3.82. The summed E-state index contributed by atoms with van der Waals surface area (Å²) in [5, 5.41) is 4.29. The number of anilines is 1. The average Bonchev–Trinajstić information content (AvgIpc) is 2.47. The van der Waals surface area contributed by atoms with E-state index in [1.165, 1.54) is 0 Å². The zero-order chi connectivity index (χ0) is 16.1. The molecule has 114 valence electrons. The number of thioether (sulfide) groups is 1. The summed E-state index contributed by atoms with van der Waals surface area (Å²) < 4.78 is 26.9. The fourth-order valence-electron chi connectivity index (χ4n) is 1.72. The number of hydrogen-bond acceptors (Lipinski definition) is 3. The van der Waals surface area contributed by atoms with Crippen LogP contribution in [0.2, 0.25) is 0 Å². The Morgan fingerprint density at radius 3 is 2.14 bits per heavy atom. The predicted octanol–water partition coefficient (Wildman–Crippen LogP) is 3.65. The average molecular weight is 322 g/mol. The van der Waals surface area contributed by atoms with Crippen molar-refractivity contribution in [2.45, 2.75) is 4.90 Å². The number of carbonyl (C=O) groups is 2. The summed E-state index contributed by atoms with van der Waals surface area (Å²) >= 11 is 1.54. The lowest BCUT2D eigenvalue weighted by Crippen LogP contribution is -2.35. The molecular formula is C15H12F2N2O2S. The minimum Gasteiger partial charge on any atom is -0.308 e. The first kappa shape index (κ1) is 16.0. The molecule has 0 unspecified atom stereocenters. The van der Waals surface area contributed by atoms with Crippen molar-refractivity contribution in [1.29, 1.82) is 0 Å². The van der Waals surface area contributed by atoms with Crippen LogP contribution in [0, 0.1) is 11.6 Å². The van der Waals surface area contributed by atoms with Crippen molar-refractivity contribution in [3.8, 4) is 0 Å². The van der Waals surface area contributed by atoms with Crippen molar-refractivity contribution in [3.05, 3.63) is 59.7 Å². The standard InChI is InChI=1S/C15H12F2N2O2S/c1-22-10-7-5-9(6-8-10)18-15(21)19-14(20)13-11(16)3-2-4-12(13)17/h2-8H,1H3,(H2,18,19,20,21). The van der Waals surface area contributed by atoms with Crippen LogP contribution in [-0.2, 0) is 0 Å². The molecular weight excluding hydrogens is 310 g/mol. The SMILES string of the molecule is CSc1ccc(NC(=O)NC(=O)c2c(F)cccc2F)cc1. The van der Waals surface area contributed by atoms with Crippen molar-refractivity contribution in [2.24, 2.45) is 0 Å². The smallest absolute Gasteiger partial charge is 0.308 e. The topological polar surface area (TPSA) is 58.2 Å². The maximum absolute atomic E-state index is 13.4. The highest BCUT2D eigenvalue weighted by Crippen LogP contribution is 2.17. The molecule has 4 nitrogen and oxygen atoms in total. The van der Waals surface area contributed by atoms with E-state index in [0.717, 1.165) is 23.1 Å². The first-order valence-electron chi connectivity index (χ1n) is 6.21. The van der Waals surface area contributed by atoms with Gasteiger partial charge in [0.25, 0.3) is 5.91 Å². The van der Waals surface area contributed by atoms with Gasteiger partial charge in [-0.1, -0.05) is 6.07 Å². The van der Waals surface area contributed by atoms with Crippen LogP contribution in [0.5, 0.6) is 0 Å². The molecule has 3 amide bonds. The van der Waals surface area contributed by atoms with Crippen molar-refractivity contribution < 1.29 is 18.4 Å². The summed E-state index contributed by atoms with van der Waals surface area (Å²) in [6.45, 7) is 0. The van der Waals surface area contributed by atoms with Crippen molar-refractivity contribution >= 4 is 29.4 Å². The number of rotatable bonds is 3. The molecule has 0 aliphatic heterocycles. The van der Waals surface area contributed by atoms with Crippen LogP contribution in [0.3, 0.4) is 0 Å². The highest BCUT2D eigenvalue weighted by Gasteiger charge is 2.19. The molecule has 0 aromatic heterocycles. The van der Waals surface area contributed by atoms with Gasteiger partial charge in [-0.2, -0.15) is 0 Å². The number of hydrogen-bond donors (Lipinski definition) is 2. The monoisotopic (exact) mass is 322 g/mol. The van der Waals surface area contributed by atoms with E-state index in [1.807, 2.05) is 11.6 Å². The third-order valence-electron chi connectivity index (χ3n) is 2.76. The van der Waals surface area contributed by atoms with E-state index in [4.69, 9.17) is 0 Å². The Balaban J connectivity index is 2.03. The normalized spacial score (nSPS) is 10.1. The Labute approximate surface area is 129 Å². The zero-order valence-electron chi connectivity index (χ0n) is 11.5. The van der Waals surface area contributed by atoms with Crippen LogP contribution >= 0.6 is 11.8 Å².